The Morgan fingerprint density at radius 3 is 2.53 bits per heavy atom. The van der Waals surface area contributed by atoms with Crippen molar-refractivity contribution in [3.63, 3.8) is 0 Å². The fourth-order valence-corrected chi connectivity index (χ4v) is 1.99. The van der Waals surface area contributed by atoms with Gasteiger partial charge in [-0.2, -0.15) is 0 Å². The minimum Gasteiger partial charge on any atom is -0.369 e. The molecule has 0 aliphatic carbocycles. The SMILES string of the molecule is C/C=C\C1=C(/C)C#Cc2ccccc2N(C)C1.CC. The summed E-state index contributed by atoms with van der Waals surface area (Å²) in [5.74, 6) is 6.50. The highest BCUT2D eigenvalue weighted by molar-refractivity contribution is 5.64. The number of para-hydroxylation sites is 1. The number of hydrogen-bond donors (Lipinski definition) is 0. The van der Waals surface area contributed by atoms with Crippen LogP contribution in [-0.2, 0) is 0 Å². The first-order valence-corrected chi connectivity index (χ1v) is 6.87. The van der Waals surface area contributed by atoms with Crippen LogP contribution in [0.25, 0.3) is 0 Å². The van der Waals surface area contributed by atoms with Crippen molar-refractivity contribution in [2.45, 2.75) is 27.7 Å². The summed E-state index contributed by atoms with van der Waals surface area (Å²) < 4.78 is 0. The maximum Gasteiger partial charge on any atom is 0.0525 e. The van der Waals surface area contributed by atoms with Gasteiger partial charge in [-0.25, -0.2) is 0 Å². The van der Waals surface area contributed by atoms with E-state index in [1.807, 2.05) is 26.8 Å². The van der Waals surface area contributed by atoms with Crippen LogP contribution in [0, 0.1) is 11.8 Å². The van der Waals surface area contributed by atoms with Crippen LogP contribution in [-0.4, -0.2) is 13.6 Å². The van der Waals surface area contributed by atoms with Crippen molar-refractivity contribution in [2.75, 3.05) is 18.5 Å². The molecule has 0 fully saturated rings. The van der Waals surface area contributed by atoms with E-state index in [2.05, 4.69) is 61.1 Å². The monoisotopic (exact) mass is 253 g/mol. The molecule has 0 atom stereocenters. The van der Waals surface area contributed by atoms with Gasteiger partial charge < -0.3 is 4.90 Å². The van der Waals surface area contributed by atoms with Crippen molar-refractivity contribution in [3.05, 3.63) is 53.1 Å². The van der Waals surface area contributed by atoms with E-state index in [4.69, 9.17) is 0 Å². The zero-order valence-corrected chi connectivity index (χ0v) is 12.6. The van der Waals surface area contributed by atoms with Crippen molar-refractivity contribution in [1.82, 2.24) is 0 Å². The van der Waals surface area contributed by atoms with Gasteiger partial charge in [0, 0.05) is 24.7 Å². The molecule has 1 aromatic rings. The number of hydrogen-bond acceptors (Lipinski definition) is 1. The molecule has 0 spiro atoms. The lowest BCUT2D eigenvalue weighted by atomic mass is 10.0. The van der Waals surface area contributed by atoms with E-state index in [1.54, 1.807) is 0 Å². The highest BCUT2D eigenvalue weighted by Gasteiger charge is 2.09. The molecule has 0 aromatic heterocycles. The summed E-state index contributed by atoms with van der Waals surface area (Å²) in [6.45, 7) is 9.03. The molecule has 100 valence electrons. The van der Waals surface area contributed by atoms with E-state index in [-0.39, 0.29) is 0 Å². The summed E-state index contributed by atoms with van der Waals surface area (Å²) in [5, 5.41) is 0. The third-order valence-electron chi connectivity index (χ3n) is 2.96. The molecule has 1 aromatic carbocycles. The molecule has 0 unspecified atom stereocenters. The van der Waals surface area contributed by atoms with Crippen LogP contribution >= 0.6 is 0 Å². The van der Waals surface area contributed by atoms with Crippen LogP contribution in [0.5, 0.6) is 0 Å². The zero-order valence-electron chi connectivity index (χ0n) is 12.6. The molecular formula is C18H23N. The van der Waals surface area contributed by atoms with Gasteiger partial charge in [0.1, 0.15) is 0 Å². The van der Waals surface area contributed by atoms with Gasteiger partial charge in [-0.15, -0.1) is 0 Å². The standard InChI is InChI=1S/C16H17N.C2H6/c1-4-7-15-12-17(3)16-9-6-5-8-14(16)11-10-13(15)2;1-2/h4-9H,12H2,1-3H3;1-2H3/b7-4-,15-13-;. The van der Waals surface area contributed by atoms with Crippen molar-refractivity contribution in [2.24, 2.45) is 0 Å². The van der Waals surface area contributed by atoms with Crippen LogP contribution in [0.3, 0.4) is 0 Å². The van der Waals surface area contributed by atoms with Crippen molar-refractivity contribution in [3.8, 4) is 11.8 Å². The molecule has 1 aliphatic rings. The highest BCUT2D eigenvalue weighted by Crippen LogP contribution is 2.22. The molecule has 0 N–H and O–H groups in total. The minimum atomic E-state index is 0.905. The van der Waals surface area contributed by atoms with Crippen LogP contribution in [0.4, 0.5) is 5.69 Å². The highest BCUT2D eigenvalue weighted by atomic mass is 15.1. The summed E-state index contributed by atoms with van der Waals surface area (Å²) in [7, 11) is 2.11. The lowest BCUT2D eigenvalue weighted by Crippen LogP contribution is -2.22. The second kappa shape index (κ2) is 7.48. The molecule has 19 heavy (non-hydrogen) atoms. The van der Waals surface area contributed by atoms with E-state index in [0.717, 1.165) is 17.7 Å². The van der Waals surface area contributed by atoms with Gasteiger partial charge in [0.15, 0.2) is 0 Å². The second-order valence-corrected chi connectivity index (χ2v) is 4.27. The number of anilines is 1. The molecule has 1 heterocycles. The number of fused-ring (bicyclic) bond motifs is 1. The molecule has 1 aliphatic heterocycles. The van der Waals surface area contributed by atoms with Crippen molar-refractivity contribution >= 4 is 5.69 Å². The Bertz CT molecular complexity index is 538. The molecule has 0 radical (unpaired) electrons. The average Bonchev–Trinajstić information content (AvgIpc) is 2.45. The lowest BCUT2D eigenvalue weighted by molar-refractivity contribution is 0.989. The van der Waals surface area contributed by atoms with E-state index >= 15 is 0 Å². The van der Waals surface area contributed by atoms with Crippen LogP contribution < -0.4 is 4.90 Å². The summed E-state index contributed by atoms with van der Waals surface area (Å²) in [6, 6.07) is 8.30. The Labute approximate surface area is 117 Å². The number of nitrogens with zero attached hydrogens (tertiary/aromatic N) is 1. The first-order valence-electron chi connectivity index (χ1n) is 6.87. The predicted molar refractivity (Wildman–Crippen MR) is 85.5 cm³/mol. The molecule has 1 heteroatoms. The summed E-state index contributed by atoms with van der Waals surface area (Å²) in [4.78, 5) is 2.25. The molecule has 2 rings (SSSR count). The third kappa shape index (κ3) is 3.76. The first-order chi connectivity index (χ1) is 9.22. The Kier molecular flexibility index (Phi) is 5.96. The lowest BCUT2D eigenvalue weighted by Gasteiger charge is -2.23. The number of allylic oxidation sites excluding steroid dienone is 2. The quantitative estimate of drug-likeness (QED) is 0.670. The molecule has 0 saturated heterocycles. The van der Waals surface area contributed by atoms with Gasteiger partial charge in [-0.1, -0.05) is 50.0 Å². The largest absolute Gasteiger partial charge is 0.369 e. The van der Waals surface area contributed by atoms with Crippen LogP contribution in [0.15, 0.2) is 47.6 Å². The maximum absolute atomic E-state index is 3.25. The minimum absolute atomic E-state index is 0.905. The normalized spacial score (nSPS) is 17.6. The second-order valence-electron chi connectivity index (χ2n) is 4.27. The van der Waals surface area contributed by atoms with Crippen molar-refractivity contribution in [1.29, 1.82) is 0 Å². The van der Waals surface area contributed by atoms with E-state index in [9.17, 15) is 0 Å². The first kappa shape index (κ1) is 15.1. The van der Waals surface area contributed by atoms with Gasteiger partial charge >= 0.3 is 0 Å². The van der Waals surface area contributed by atoms with Gasteiger partial charge in [-0.3, -0.25) is 0 Å². The van der Waals surface area contributed by atoms with E-state index in [0.29, 0.717) is 0 Å². The Hall–Kier alpha value is -1.94. The van der Waals surface area contributed by atoms with E-state index in [1.165, 1.54) is 11.3 Å². The number of rotatable bonds is 1. The number of likely N-dealkylation sites (N-methyl/N-ethyl adjacent to an activating group) is 1. The molecule has 0 amide bonds. The van der Waals surface area contributed by atoms with Gasteiger partial charge in [-0.05, 0) is 31.6 Å². The Balaban J connectivity index is 0.000000861. The zero-order chi connectivity index (χ0) is 14.3. The summed E-state index contributed by atoms with van der Waals surface area (Å²) in [6.07, 6.45) is 4.22. The van der Waals surface area contributed by atoms with Gasteiger partial charge in [0.25, 0.3) is 0 Å². The van der Waals surface area contributed by atoms with Gasteiger partial charge in [0.2, 0.25) is 0 Å². The Morgan fingerprint density at radius 1 is 1.16 bits per heavy atom. The average molecular weight is 253 g/mol. The summed E-state index contributed by atoms with van der Waals surface area (Å²) in [5.41, 5.74) is 4.75. The van der Waals surface area contributed by atoms with Gasteiger partial charge in [0.05, 0.1) is 5.69 Å². The fourth-order valence-electron chi connectivity index (χ4n) is 1.99. The van der Waals surface area contributed by atoms with Crippen molar-refractivity contribution < 1.29 is 0 Å². The summed E-state index contributed by atoms with van der Waals surface area (Å²) >= 11 is 0. The smallest absolute Gasteiger partial charge is 0.0525 e. The van der Waals surface area contributed by atoms with E-state index < -0.39 is 0 Å². The van der Waals surface area contributed by atoms with Crippen LogP contribution in [0.1, 0.15) is 33.3 Å². The third-order valence-corrected chi connectivity index (χ3v) is 2.96. The fraction of sp³-hybridized carbons (Fsp3) is 0.333. The Morgan fingerprint density at radius 2 is 1.84 bits per heavy atom. The maximum atomic E-state index is 3.25. The van der Waals surface area contributed by atoms with Crippen LogP contribution in [0.2, 0.25) is 0 Å². The number of benzene rings is 1. The molecule has 0 bridgehead atoms. The molecule has 1 nitrogen and oxygen atoms in total. The predicted octanol–water partition coefficient (Wildman–Crippen LogP) is 4.41. The molecular weight excluding hydrogens is 230 g/mol. The molecule has 0 saturated carbocycles. The topological polar surface area (TPSA) is 3.24 Å².